The second-order valence-corrected chi connectivity index (χ2v) is 8.34. The van der Waals surface area contributed by atoms with Gasteiger partial charge in [-0.15, -0.1) is 22.7 Å². The Hall–Kier alpha value is -1.70. The Labute approximate surface area is 156 Å². The van der Waals surface area contributed by atoms with Crippen molar-refractivity contribution in [3.05, 3.63) is 44.8 Å². The molecule has 2 aromatic rings. The smallest absolute Gasteiger partial charge is 0.309 e. The van der Waals surface area contributed by atoms with Crippen LogP contribution in [0.5, 0.6) is 0 Å². The van der Waals surface area contributed by atoms with Gasteiger partial charge in [0.1, 0.15) is 0 Å². The molecule has 3 rings (SSSR count). The van der Waals surface area contributed by atoms with E-state index in [0.717, 1.165) is 37.4 Å². The van der Waals surface area contributed by atoms with Crippen LogP contribution in [0.3, 0.4) is 0 Å². The summed E-state index contributed by atoms with van der Waals surface area (Å²) in [6.07, 6.45) is 2.12. The SMILES string of the molecule is O=C(NCc1cccs1)C(=O)NCC1CCN(Cc2cccs2)CC1. The minimum atomic E-state index is -0.552. The highest BCUT2D eigenvalue weighted by Crippen LogP contribution is 2.20. The van der Waals surface area contributed by atoms with Crippen LogP contribution in [0.1, 0.15) is 22.6 Å². The molecule has 25 heavy (non-hydrogen) atoms. The average molecular weight is 378 g/mol. The molecule has 7 heteroatoms. The molecule has 0 unspecified atom stereocenters. The maximum Gasteiger partial charge on any atom is 0.309 e. The van der Waals surface area contributed by atoms with Gasteiger partial charge in [-0.3, -0.25) is 14.5 Å². The summed E-state index contributed by atoms with van der Waals surface area (Å²) >= 11 is 3.36. The Morgan fingerprint density at radius 1 is 1.00 bits per heavy atom. The first-order chi connectivity index (χ1) is 12.2. The van der Waals surface area contributed by atoms with Crippen molar-refractivity contribution in [2.24, 2.45) is 5.92 Å². The lowest BCUT2D eigenvalue weighted by atomic mass is 9.97. The van der Waals surface area contributed by atoms with E-state index in [1.165, 1.54) is 4.88 Å². The monoisotopic (exact) mass is 377 g/mol. The van der Waals surface area contributed by atoms with Gasteiger partial charge in [0, 0.05) is 22.8 Å². The van der Waals surface area contributed by atoms with Gasteiger partial charge in [-0.2, -0.15) is 0 Å². The fourth-order valence-electron chi connectivity index (χ4n) is 2.95. The van der Waals surface area contributed by atoms with Crippen LogP contribution in [0, 0.1) is 5.92 Å². The van der Waals surface area contributed by atoms with Crippen LogP contribution in [-0.2, 0) is 22.7 Å². The van der Waals surface area contributed by atoms with Crippen molar-refractivity contribution in [2.75, 3.05) is 19.6 Å². The van der Waals surface area contributed by atoms with Gasteiger partial charge in [-0.1, -0.05) is 12.1 Å². The summed E-state index contributed by atoms with van der Waals surface area (Å²) in [5, 5.41) is 9.50. The third kappa shape index (κ3) is 5.66. The van der Waals surface area contributed by atoms with E-state index >= 15 is 0 Å². The van der Waals surface area contributed by atoms with Gasteiger partial charge in [0.2, 0.25) is 0 Å². The van der Waals surface area contributed by atoms with Crippen LogP contribution >= 0.6 is 22.7 Å². The summed E-state index contributed by atoms with van der Waals surface area (Å²) in [4.78, 5) is 28.6. The largest absolute Gasteiger partial charge is 0.348 e. The first-order valence-electron chi connectivity index (χ1n) is 8.54. The van der Waals surface area contributed by atoms with E-state index in [1.54, 1.807) is 22.7 Å². The van der Waals surface area contributed by atoms with E-state index in [9.17, 15) is 9.59 Å². The molecule has 0 aromatic carbocycles. The quantitative estimate of drug-likeness (QED) is 0.760. The maximum atomic E-state index is 11.9. The molecule has 0 aliphatic carbocycles. The van der Waals surface area contributed by atoms with Gasteiger partial charge in [0.05, 0.1) is 6.54 Å². The number of amides is 2. The number of likely N-dealkylation sites (tertiary alicyclic amines) is 1. The zero-order chi connectivity index (χ0) is 17.5. The lowest BCUT2D eigenvalue weighted by Gasteiger charge is -2.31. The molecule has 2 amide bonds. The number of hydrogen-bond donors (Lipinski definition) is 2. The zero-order valence-corrected chi connectivity index (χ0v) is 15.7. The van der Waals surface area contributed by atoms with E-state index in [2.05, 4.69) is 33.0 Å². The first-order valence-corrected chi connectivity index (χ1v) is 10.3. The molecule has 1 fully saturated rings. The Balaban J connectivity index is 1.32. The molecule has 1 aliphatic rings. The van der Waals surface area contributed by atoms with Crippen molar-refractivity contribution in [1.29, 1.82) is 0 Å². The molecule has 5 nitrogen and oxygen atoms in total. The van der Waals surface area contributed by atoms with E-state index < -0.39 is 11.8 Å². The summed E-state index contributed by atoms with van der Waals surface area (Å²) in [5.74, 6) is -0.630. The van der Waals surface area contributed by atoms with Gasteiger partial charge < -0.3 is 10.6 Å². The van der Waals surface area contributed by atoms with E-state index in [4.69, 9.17) is 0 Å². The van der Waals surface area contributed by atoms with Gasteiger partial charge in [-0.25, -0.2) is 0 Å². The molecule has 134 valence electrons. The Morgan fingerprint density at radius 2 is 1.64 bits per heavy atom. The minimum Gasteiger partial charge on any atom is -0.348 e. The normalized spacial score (nSPS) is 15.8. The number of nitrogens with zero attached hydrogens (tertiary/aromatic N) is 1. The molecule has 2 aromatic heterocycles. The summed E-state index contributed by atoms with van der Waals surface area (Å²) in [6, 6.07) is 8.13. The fourth-order valence-corrected chi connectivity index (χ4v) is 4.34. The molecule has 2 N–H and O–H groups in total. The Morgan fingerprint density at radius 3 is 2.28 bits per heavy atom. The van der Waals surface area contributed by atoms with Crippen molar-refractivity contribution in [2.45, 2.75) is 25.9 Å². The van der Waals surface area contributed by atoms with Crippen LogP contribution in [0.4, 0.5) is 0 Å². The van der Waals surface area contributed by atoms with Gasteiger partial charge in [0.15, 0.2) is 0 Å². The highest BCUT2D eigenvalue weighted by molar-refractivity contribution is 7.10. The molecule has 0 saturated carbocycles. The number of carbonyl (C=O) groups is 2. The summed E-state index contributed by atoms with van der Waals surface area (Å²) in [7, 11) is 0. The number of carbonyl (C=O) groups excluding carboxylic acids is 2. The summed E-state index contributed by atoms with van der Waals surface area (Å²) in [6.45, 7) is 4.09. The third-order valence-corrected chi connectivity index (χ3v) is 6.17. The second-order valence-electron chi connectivity index (χ2n) is 6.27. The van der Waals surface area contributed by atoms with E-state index in [0.29, 0.717) is 19.0 Å². The predicted octanol–water partition coefficient (Wildman–Crippen LogP) is 2.45. The summed E-state index contributed by atoms with van der Waals surface area (Å²) < 4.78 is 0. The molecule has 1 aliphatic heterocycles. The van der Waals surface area contributed by atoms with Crippen molar-refractivity contribution in [1.82, 2.24) is 15.5 Å². The molecule has 1 saturated heterocycles. The minimum absolute atomic E-state index is 0.408. The topological polar surface area (TPSA) is 61.4 Å². The van der Waals surface area contributed by atoms with Crippen LogP contribution in [-0.4, -0.2) is 36.3 Å². The van der Waals surface area contributed by atoms with Crippen LogP contribution in [0.2, 0.25) is 0 Å². The predicted molar refractivity (Wildman–Crippen MR) is 101 cm³/mol. The number of rotatable bonds is 6. The zero-order valence-electron chi connectivity index (χ0n) is 14.1. The lowest BCUT2D eigenvalue weighted by Crippen LogP contribution is -2.43. The maximum absolute atomic E-state index is 11.9. The first kappa shape index (κ1) is 18.1. The molecular weight excluding hydrogens is 354 g/mol. The van der Waals surface area contributed by atoms with Crippen LogP contribution in [0.15, 0.2) is 35.0 Å². The Kier molecular flexibility index (Phi) is 6.61. The van der Waals surface area contributed by atoms with Crippen LogP contribution in [0.25, 0.3) is 0 Å². The molecular formula is C18H23N3O2S2. The molecule has 3 heterocycles. The van der Waals surface area contributed by atoms with Gasteiger partial charge in [-0.05, 0) is 54.7 Å². The van der Waals surface area contributed by atoms with Gasteiger partial charge >= 0.3 is 11.8 Å². The van der Waals surface area contributed by atoms with Crippen LogP contribution < -0.4 is 10.6 Å². The number of hydrogen-bond acceptors (Lipinski definition) is 5. The number of thiophene rings is 2. The van der Waals surface area contributed by atoms with E-state index in [1.807, 2.05) is 17.5 Å². The average Bonchev–Trinajstić information content (AvgIpc) is 3.32. The molecule has 0 atom stereocenters. The third-order valence-electron chi connectivity index (χ3n) is 4.43. The fraction of sp³-hybridized carbons (Fsp3) is 0.444. The standard InChI is InChI=1S/C18H23N3O2S2/c22-17(18(23)20-12-15-3-1-9-24-15)19-11-14-5-7-21(8-6-14)13-16-4-2-10-25-16/h1-4,9-10,14H,5-8,11-13H2,(H,19,22)(H,20,23). The molecule has 0 bridgehead atoms. The summed E-state index contributed by atoms with van der Waals surface area (Å²) in [5.41, 5.74) is 0. The van der Waals surface area contributed by atoms with Crippen molar-refractivity contribution >= 4 is 34.5 Å². The highest BCUT2D eigenvalue weighted by Gasteiger charge is 2.21. The van der Waals surface area contributed by atoms with E-state index in [-0.39, 0.29) is 0 Å². The second kappa shape index (κ2) is 9.12. The number of piperidine rings is 1. The lowest BCUT2D eigenvalue weighted by molar-refractivity contribution is -0.139. The van der Waals surface area contributed by atoms with Crippen molar-refractivity contribution < 1.29 is 9.59 Å². The van der Waals surface area contributed by atoms with Crippen molar-refractivity contribution in [3.8, 4) is 0 Å². The van der Waals surface area contributed by atoms with Gasteiger partial charge in [0.25, 0.3) is 0 Å². The molecule has 0 spiro atoms. The highest BCUT2D eigenvalue weighted by atomic mass is 32.1. The Bertz CT molecular complexity index is 663. The molecule has 0 radical (unpaired) electrons. The number of nitrogens with one attached hydrogen (secondary N) is 2. The van der Waals surface area contributed by atoms with Crippen molar-refractivity contribution in [3.63, 3.8) is 0 Å².